The van der Waals surface area contributed by atoms with Crippen molar-refractivity contribution in [3.8, 4) is 5.75 Å². The highest BCUT2D eigenvalue weighted by Gasteiger charge is 2.10. The molecule has 0 unspecified atom stereocenters. The van der Waals surface area contributed by atoms with Gasteiger partial charge < -0.3 is 20.8 Å². The second kappa shape index (κ2) is 7.73. The van der Waals surface area contributed by atoms with Crippen molar-refractivity contribution in [2.75, 3.05) is 18.2 Å². The molecule has 0 atom stereocenters. The smallest absolute Gasteiger partial charge is 0.232 e. The van der Waals surface area contributed by atoms with E-state index >= 15 is 0 Å². The number of nitrogens with two attached hydrogens (primary N) is 1. The number of fused-ring (bicyclic) bond motifs is 1. The fraction of sp³-hybridized carbons (Fsp3) is 0.158. The number of H-pyrrole nitrogens is 1. The Labute approximate surface area is 166 Å². The molecule has 0 saturated heterocycles. The average Bonchev–Trinajstić information content (AvgIpc) is 3.08. The van der Waals surface area contributed by atoms with Crippen LogP contribution in [0, 0.1) is 6.92 Å². The Morgan fingerprint density at radius 3 is 2.82 bits per heavy atom. The number of aromatic amines is 1. The van der Waals surface area contributed by atoms with E-state index in [2.05, 4.69) is 43.2 Å². The quantitative estimate of drug-likeness (QED) is 0.425. The molecule has 9 heteroatoms. The van der Waals surface area contributed by atoms with Crippen LogP contribution in [0.15, 0.2) is 47.6 Å². The standard InChI is InChI=1S/C19H19N7OS/c1-11-7-8-12-14(9-11)23-19(22-12)28-10-16-24-17(20)26-18(25-16)21-13-5-3-4-6-15(13)27-2/h3-9H,10H2,1-2H3,(H,22,23)(H3,20,21,24,25,26). The molecule has 0 amide bonds. The number of anilines is 3. The van der Waals surface area contributed by atoms with Gasteiger partial charge in [-0.15, -0.1) is 0 Å². The van der Waals surface area contributed by atoms with Crippen LogP contribution in [0.1, 0.15) is 11.4 Å². The lowest BCUT2D eigenvalue weighted by atomic mass is 10.2. The van der Waals surface area contributed by atoms with Gasteiger partial charge >= 0.3 is 0 Å². The molecule has 8 nitrogen and oxygen atoms in total. The summed E-state index contributed by atoms with van der Waals surface area (Å²) in [5, 5.41) is 3.94. The zero-order chi connectivity index (χ0) is 19.5. The van der Waals surface area contributed by atoms with E-state index < -0.39 is 0 Å². The van der Waals surface area contributed by atoms with Crippen LogP contribution in [0.5, 0.6) is 5.75 Å². The molecule has 0 saturated carbocycles. The summed E-state index contributed by atoms with van der Waals surface area (Å²) < 4.78 is 5.34. The third-order valence-corrected chi connectivity index (χ3v) is 4.88. The minimum absolute atomic E-state index is 0.156. The molecule has 28 heavy (non-hydrogen) atoms. The van der Waals surface area contributed by atoms with Gasteiger partial charge in [0.15, 0.2) is 5.16 Å². The highest BCUT2D eigenvalue weighted by Crippen LogP contribution is 2.27. The van der Waals surface area contributed by atoms with Crippen LogP contribution < -0.4 is 15.8 Å². The summed E-state index contributed by atoms with van der Waals surface area (Å²) in [6.45, 7) is 2.05. The second-order valence-electron chi connectivity index (χ2n) is 6.11. The van der Waals surface area contributed by atoms with Crippen LogP contribution in [-0.4, -0.2) is 32.0 Å². The van der Waals surface area contributed by atoms with Crippen LogP contribution in [0.3, 0.4) is 0 Å². The molecular weight excluding hydrogens is 374 g/mol. The Kier molecular flexibility index (Phi) is 4.98. The van der Waals surface area contributed by atoms with Gasteiger partial charge in [-0.1, -0.05) is 30.0 Å². The molecule has 0 aliphatic rings. The number of nitrogens with zero attached hydrogens (tertiary/aromatic N) is 4. The normalized spacial score (nSPS) is 10.9. The van der Waals surface area contributed by atoms with Gasteiger partial charge in [-0.05, 0) is 36.8 Å². The molecule has 2 aromatic heterocycles. The molecule has 142 valence electrons. The number of methoxy groups -OCH3 is 1. The molecular formula is C19H19N7OS. The molecule has 0 aliphatic carbocycles. The maximum atomic E-state index is 5.86. The number of imidazole rings is 1. The number of ether oxygens (including phenoxy) is 1. The number of hydrogen-bond donors (Lipinski definition) is 3. The highest BCUT2D eigenvalue weighted by molar-refractivity contribution is 7.98. The summed E-state index contributed by atoms with van der Waals surface area (Å²) in [4.78, 5) is 20.7. The molecule has 0 spiro atoms. The number of para-hydroxylation sites is 2. The minimum Gasteiger partial charge on any atom is -0.495 e. The number of aryl methyl sites for hydroxylation is 1. The van der Waals surface area contributed by atoms with Crippen LogP contribution in [-0.2, 0) is 5.75 Å². The second-order valence-corrected chi connectivity index (χ2v) is 7.07. The fourth-order valence-electron chi connectivity index (χ4n) is 2.73. The van der Waals surface area contributed by atoms with E-state index in [0.717, 1.165) is 21.9 Å². The molecule has 2 heterocycles. The number of rotatable bonds is 6. The summed E-state index contributed by atoms with van der Waals surface area (Å²) in [7, 11) is 1.61. The number of aromatic nitrogens is 5. The van der Waals surface area contributed by atoms with Crippen molar-refractivity contribution < 1.29 is 4.74 Å². The van der Waals surface area contributed by atoms with Gasteiger partial charge in [-0.3, -0.25) is 0 Å². The first-order chi connectivity index (χ1) is 13.6. The first kappa shape index (κ1) is 18.1. The molecule has 4 aromatic rings. The van der Waals surface area contributed by atoms with Crippen molar-refractivity contribution in [3.63, 3.8) is 0 Å². The Bertz CT molecular complexity index is 1130. The van der Waals surface area contributed by atoms with Gasteiger partial charge in [0.05, 0.1) is 29.6 Å². The minimum atomic E-state index is 0.156. The van der Waals surface area contributed by atoms with Crippen LogP contribution in [0.4, 0.5) is 17.6 Å². The van der Waals surface area contributed by atoms with Crippen molar-refractivity contribution in [1.29, 1.82) is 0 Å². The molecule has 0 bridgehead atoms. The predicted molar refractivity (Wildman–Crippen MR) is 111 cm³/mol. The van der Waals surface area contributed by atoms with Crippen molar-refractivity contribution in [1.82, 2.24) is 24.9 Å². The maximum Gasteiger partial charge on any atom is 0.232 e. The Balaban J connectivity index is 1.51. The largest absolute Gasteiger partial charge is 0.495 e. The third-order valence-electron chi connectivity index (χ3n) is 4.01. The molecule has 0 radical (unpaired) electrons. The third kappa shape index (κ3) is 3.99. The number of nitrogen functional groups attached to an aromatic ring is 1. The van der Waals surface area contributed by atoms with Crippen molar-refractivity contribution in [2.24, 2.45) is 0 Å². The van der Waals surface area contributed by atoms with Gasteiger partial charge in [0, 0.05) is 0 Å². The monoisotopic (exact) mass is 393 g/mol. The first-order valence-corrected chi connectivity index (χ1v) is 9.59. The SMILES string of the molecule is COc1ccccc1Nc1nc(N)nc(CSc2nc3ccc(C)cc3[nH]2)n1. The predicted octanol–water partition coefficient (Wildman–Crippen LogP) is 3.68. The number of hydrogen-bond acceptors (Lipinski definition) is 8. The van der Waals surface area contributed by atoms with Gasteiger partial charge in [0.25, 0.3) is 0 Å². The van der Waals surface area contributed by atoms with Crippen molar-refractivity contribution in [3.05, 3.63) is 53.9 Å². The Morgan fingerprint density at radius 1 is 1.11 bits per heavy atom. The summed E-state index contributed by atoms with van der Waals surface area (Å²) >= 11 is 1.51. The first-order valence-electron chi connectivity index (χ1n) is 8.60. The van der Waals surface area contributed by atoms with Crippen molar-refractivity contribution in [2.45, 2.75) is 17.8 Å². The summed E-state index contributed by atoms with van der Waals surface area (Å²) in [6, 6.07) is 13.6. The topological polar surface area (TPSA) is 115 Å². The fourth-order valence-corrected chi connectivity index (χ4v) is 3.47. The lowest BCUT2D eigenvalue weighted by molar-refractivity contribution is 0.417. The number of thioether (sulfide) groups is 1. The molecule has 2 aromatic carbocycles. The number of nitrogens with one attached hydrogen (secondary N) is 2. The maximum absolute atomic E-state index is 5.86. The molecule has 4 rings (SSSR count). The van der Waals surface area contributed by atoms with E-state index in [-0.39, 0.29) is 5.95 Å². The lowest BCUT2D eigenvalue weighted by Crippen LogP contribution is -2.07. The average molecular weight is 393 g/mol. The molecule has 0 aliphatic heterocycles. The highest BCUT2D eigenvalue weighted by atomic mass is 32.2. The summed E-state index contributed by atoms with van der Waals surface area (Å²) in [5.41, 5.74) is 9.74. The van der Waals surface area contributed by atoms with Gasteiger partial charge in [0.2, 0.25) is 11.9 Å². The van der Waals surface area contributed by atoms with Crippen molar-refractivity contribution >= 4 is 40.4 Å². The lowest BCUT2D eigenvalue weighted by Gasteiger charge is -2.10. The Morgan fingerprint density at radius 2 is 1.96 bits per heavy atom. The molecule has 0 fully saturated rings. The van der Waals surface area contributed by atoms with Crippen LogP contribution in [0.25, 0.3) is 11.0 Å². The molecule has 4 N–H and O–H groups in total. The van der Waals surface area contributed by atoms with Crippen LogP contribution in [0.2, 0.25) is 0 Å². The Hall–Kier alpha value is -3.33. The zero-order valence-electron chi connectivity index (χ0n) is 15.4. The summed E-state index contributed by atoms with van der Waals surface area (Å²) in [6.07, 6.45) is 0. The van der Waals surface area contributed by atoms with E-state index in [4.69, 9.17) is 10.5 Å². The van der Waals surface area contributed by atoms with Gasteiger partial charge in [-0.2, -0.15) is 15.0 Å². The van der Waals surface area contributed by atoms with Gasteiger partial charge in [-0.25, -0.2) is 4.98 Å². The summed E-state index contributed by atoms with van der Waals surface area (Å²) in [5.74, 6) is 2.28. The van der Waals surface area contributed by atoms with Crippen LogP contribution >= 0.6 is 11.8 Å². The van der Waals surface area contributed by atoms with E-state index in [1.807, 2.05) is 36.4 Å². The zero-order valence-corrected chi connectivity index (χ0v) is 16.2. The van der Waals surface area contributed by atoms with E-state index in [9.17, 15) is 0 Å². The number of benzene rings is 2. The van der Waals surface area contributed by atoms with E-state index in [1.165, 1.54) is 17.3 Å². The van der Waals surface area contributed by atoms with E-state index in [1.54, 1.807) is 7.11 Å². The van der Waals surface area contributed by atoms with E-state index in [0.29, 0.717) is 23.3 Å². The van der Waals surface area contributed by atoms with Gasteiger partial charge in [0.1, 0.15) is 11.6 Å².